The van der Waals surface area contributed by atoms with E-state index in [4.69, 9.17) is 4.74 Å². The maximum atomic E-state index is 12.6. The number of esters is 1. The number of amides is 1. The molecule has 6 nitrogen and oxygen atoms in total. The summed E-state index contributed by atoms with van der Waals surface area (Å²) in [6, 6.07) is 11.8. The molecule has 0 saturated heterocycles. The number of hydrogen-bond donors (Lipinski definition) is 0. The highest BCUT2D eigenvalue weighted by atomic mass is 16.5. The van der Waals surface area contributed by atoms with Gasteiger partial charge in [0, 0.05) is 5.56 Å². The Balaban J connectivity index is 1.92. The number of rotatable bonds is 4. The Morgan fingerprint density at radius 2 is 1.96 bits per heavy atom. The van der Waals surface area contributed by atoms with E-state index in [1.807, 2.05) is 0 Å². The number of benzene rings is 2. The van der Waals surface area contributed by atoms with Crippen LogP contribution in [0.15, 0.2) is 42.5 Å². The van der Waals surface area contributed by atoms with Crippen molar-refractivity contribution in [3.05, 3.63) is 59.2 Å². The Hall–Kier alpha value is -3.15. The van der Waals surface area contributed by atoms with Crippen LogP contribution in [0.5, 0.6) is 5.75 Å². The standard InChI is InChI=1S/C19H17NO5/c1-12-18(22)20(16-9-14(11-21)5-8-17(16)25-12)10-13-3-6-15(7-4-13)19(23)24-2/h3-9,11-12H,10H2,1-2H3. The van der Waals surface area contributed by atoms with Crippen molar-refractivity contribution in [2.45, 2.75) is 19.6 Å². The van der Waals surface area contributed by atoms with Crippen LogP contribution in [0.1, 0.15) is 33.2 Å². The van der Waals surface area contributed by atoms with Crippen molar-refractivity contribution in [1.29, 1.82) is 0 Å². The van der Waals surface area contributed by atoms with Gasteiger partial charge in [-0.3, -0.25) is 9.59 Å². The van der Waals surface area contributed by atoms with Crippen LogP contribution in [0.25, 0.3) is 0 Å². The first kappa shape index (κ1) is 16.7. The van der Waals surface area contributed by atoms with E-state index in [0.717, 1.165) is 11.8 Å². The lowest BCUT2D eigenvalue weighted by Gasteiger charge is -2.33. The van der Waals surface area contributed by atoms with Crippen LogP contribution >= 0.6 is 0 Å². The van der Waals surface area contributed by atoms with Crippen molar-refractivity contribution in [3.63, 3.8) is 0 Å². The second-order valence-electron chi connectivity index (χ2n) is 5.72. The summed E-state index contributed by atoms with van der Waals surface area (Å²) >= 11 is 0. The number of ether oxygens (including phenoxy) is 2. The van der Waals surface area contributed by atoms with Gasteiger partial charge in [-0.15, -0.1) is 0 Å². The second kappa shape index (κ2) is 6.76. The topological polar surface area (TPSA) is 72.9 Å². The van der Waals surface area contributed by atoms with E-state index in [0.29, 0.717) is 29.1 Å². The fourth-order valence-corrected chi connectivity index (χ4v) is 2.71. The Bertz CT molecular complexity index is 828. The lowest BCUT2D eigenvalue weighted by Crippen LogP contribution is -2.44. The van der Waals surface area contributed by atoms with Crippen LogP contribution in [0.4, 0.5) is 5.69 Å². The molecule has 0 fully saturated rings. The molecular weight excluding hydrogens is 322 g/mol. The quantitative estimate of drug-likeness (QED) is 0.632. The minimum atomic E-state index is -0.607. The summed E-state index contributed by atoms with van der Waals surface area (Å²) < 4.78 is 10.3. The van der Waals surface area contributed by atoms with Crippen molar-refractivity contribution in [1.82, 2.24) is 0 Å². The van der Waals surface area contributed by atoms with Gasteiger partial charge in [-0.2, -0.15) is 0 Å². The molecule has 3 rings (SSSR count). The molecule has 6 heteroatoms. The number of anilines is 1. The van der Waals surface area contributed by atoms with E-state index in [1.54, 1.807) is 54.3 Å². The molecule has 25 heavy (non-hydrogen) atoms. The molecule has 2 aromatic rings. The lowest BCUT2D eigenvalue weighted by molar-refractivity contribution is -0.125. The SMILES string of the molecule is COC(=O)c1ccc(CN2C(=O)C(C)Oc3ccc(C=O)cc32)cc1. The molecule has 0 spiro atoms. The van der Waals surface area contributed by atoms with Gasteiger partial charge in [-0.1, -0.05) is 12.1 Å². The summed E-state index contributed by atoms with van der Waals surface area (Å²) in [6.07, 6.45) is 0.121. The van der Waals surface area contributed by atoms with Gasteiger partial charge in [0.15, 0.2) is 6.10 Å². The highest BCUT2D eigenvalue weighted by Gasteiger charge is 2.31. The van der Waals surface area contributed by atoms with Crippen LogP contribution in [-0.4, -0.2) is 31.4 Å². The van der Waals surface area contributed by atoms with Crippen molar-refractivity contribution in [2.24, 2.45) is 0 Å². The van der Waals surface area contributed by atoms with Crippen molar-refractivity contribution in [2.75, 3.05) is 12.0 Å². The average molecular weight is 339 g/mol. The molecule has 0 saturated carbocycles. The summed E-state index contributed by atoms with van der Waals surface area (Å²) in [7, 11) is 1.32. The Kier molecular flexibility index (Phi) is 4.52. The predicted octanol–water partition coefficient (Wildman–Crippen LogP) is 2.60. The summed E-state index contributed by atoms with van der Waals surface area (Å²) in [6.45, 7) is 2.00. The monoisotopic (exact) mass is 339 g/mol. The third-order valence-electron chi connectivity index (χ3n) is 4.04. The summed E-state index contributed by atoms with van der Waals surface area (Å²) in [4.78, 5) is 36.7. The molecule has 2 aromatic carbocycles. The zero-order valence-corrected chi connectivity index (χ0v) is 13.9. The molecule has 1 aliphatic heterocycles. The smallest absolute Gasteiger partial charge is 0.337 e. The van der Waals surface area contributed by atoms with Crippen molar-refractivity contribution < 1.29 is 23.9 Å². The number of nitrogens with zero attached hydrogens (tertiary/aromatic N) is 1. The second-order valence-corrected chi connectivity index (χ2v) is 5.72. The lowest BCUT2D eigenvalue weighted by atomic mass is 10.1. The molecule has 1 heterocycles. The highest BCUT2D eigenvalue weighted by Crippen LogP contribution is 2.35. The summed E-state index contributed by atoms with van der Waals surface area (Å²) in [5.74, 6) is -0.0416. The first-order valence-corrected chi connectivity index (χ1v) is 7.78. The predicted molar refractivity (Wildman–Crippen MR) is 90.9 cm³/mol. The van der Waals surface area contributed by atoms with E-state index >= 15 is 0 Å². The Morgan fingerprint density at radius 1 is 1.24 bits per heavy atom. The van der Waals surface area contributed by atoms with Gasteiger partial charge >= 0.3 is 5.97 Å². The van der Waals surface area contributed by atoms with Crippen molar-refractivity contribution >= 4 is 23.9 Å². The van der Waals surface area contributed by atoms with Crippen LogP contribution < -0.4 is 9.64 Å². The van der Waals surface area contributed by atoms with Gasteiger partial charge in [0.1, 0.15) is 12.0 Å². The third-order valence-corrected chi connectivity index (χ3v) is 4.04. The molecular formula is C19H17NO5. The number of fused-ring (bicyclic) bond motifs is 1. The van der Waals surface area contributed by atoms with Gasteiger partial charge in [0.2, 0.25) is 0 Å². The molecule has 0 bridgehead atoms. The molecule has 0 aliphatic carbocycles. The fraction of sp³-hybridized carbons (Fsp3) is 0.211. The van der Waals surface area contributed by atoms with Gasteiger partial charge in [0.05, 0.1) is 24.9 Å². The normalized spacial score (nSPS) is 16.0. The maximum absolute atomic E-state index is 12.6. The highest BCUT2D eigenvalue weighted by molar-refractivity contribution is 6.00. The molecule has 0 radical (unpaired) electrons. The minimum absolute atomic E-state index is 0.187. The van der Waals surface area contributed by atoms with Crippen LogP contribution in [0, 0.1) is 0 Å². The first-order chi connectivity index (χ1) is 12.0. The van der Waals surface area contributed by atoms with Crippen molar-refractivity contribution in [3.8, 4) is 5.75 Å². The van der Waals surface area contributed by atoms with E-state index in [1.165, 1.54) is 7.11 Å². The molecule has 1 unspecified atom stereocenters. The molecule has 1 atom stereocenters. The van der Waals surface area contributed by atoms with Gasteiger partial charge in [-0.25, -0.2) is 4.79 Å². The summed E-state index contributed by atoms with van der Waals surface area (Å²) in [5.41, 5.74) is 2.31. The van der Waals surface area contributed by atoms with Crippen LogP contribution in [0.2, 0.25) is 0 Å². The molecule has 0 N–H and O–H groups in total. The summed E-state index contributed by atoms with van der Waals surface area (Å²) in [5, 5.41) is 0. The zero-order chi connectivity index (χ0) is 18.0. The molecule has 1 aliphatic rings. The Morgan fingerprint density at radius 3 is 2.60 bits per heavy atom. The van der Waals surface area contributed by atoms with Gasteiger partial charge in [-0.05, 0) is 42.8 Å². The number of aldehydes is 1. The Labute approximate surface area is 145 Å². The number of hydrogen-bond acceptors (Lipinski definition) is 5. The fourth-order valence-electron chi connectivity index (χ4n) is 2.71. The first-order valence-electron chi connectivity index (χ1n) is 7.78. The van der Waals surface area contributed by atoms with Gasteiger partial charge in [0.25, 0.3) is 5.91 Å². The molecule has 0 aromatic heterocycles. The number of carbonyl (C=O) groups is 3. The van der Waals surface area contributed by atoms with E-state index in [-0.39, 0.29) is 5.91 Å². The third kappa shape index (κ3) is 3.24. The number of carbonyl (C=O) groups excluding carboxylic acids is 3. The molecule has 128 valence electrons. The van der Waals surface area contributed by atoms with E-state index in [9.17, 15) is 14.4 Å². The minimum Gasteiger partial charge on any atom is -0.479 e. The zero-order valence-electron chi connectivity index (χ0n) is 13.9. The average Bonchev–Trinajstić information content (AvgIpc) is 2.65. The van der Waals surface area contributed by atoms with Crippen LogP contribution in [-0.2, 0) is 16.1 Å². The number of methoxy groups -OCH3 is 1. The maximum Gasteiger partial charge on any atom is 0.337 e. The van der Waals surface area contributed by atoms with Crippen LogP contribution in [0.3, 0.4) is 0 Å². The largest absolute Gasteiger partial charge is 0.479 e. The van der Waals surface area contributed by atoms with Gasteiger partial charge < -0.3 is 14.4 Å². The van der Waals surface area contributed by atoms with E-state index < -0.39 is 12.1 Å². The molecule has 1 amide bonds. The van der Waals surface area contributed by atoms with E-state index in [2.05, 4.69) is 4.74 Å².